The molecule has 2 aromatic carbocycles. The summed E-state index contributed by atoms with van der Waals surface area (Å²) in [5, 5.41) is 2.07. The van der Waals surface area contributed by atoms with Crippen molar-refractivity contribution in [2.45, 2.75) is 32.3 Å². The van der Waals surface area contributed by atoms with Crippen LogP contribution >= 0.6 is 12.4 Å². The van der Waals surface area contributed by atoms with Crippen LogP contribution in [0.3, 0.4) is 0 Å². The van der Waals surface area contributed by atoms with Crippen molar-refractivity contribution in [2.24, 2.45) is 13.0 Å². The first-order chi connectivity index (χ1) is 16.5. The van der Waals surface area contributed by atoms with Gasteiger partial charge < -0.3 is 24.4 Å². The predicted molar refractivity (Wildman–Crippen MR) is 143 cm³/mol. The number of aryl methyl sites for hydroxylation is 2. The number of hydrogen-bond donors (Lipinski definition) is 0. The number of aromatic nitrogens is 2. The van der Waals surface area contributed by atoms with E-state index in [9.17, 15) is 4.39 Å². The van der Waals surface area contributed by atoms with E-state index in [-0.39, 0.29) is 29.8 Å². The fourth-order valence-corrected chi connectivity index (χ4v) is 5.81. The number of likely N-dealkylation sites (N-methyl/N-ethyl adjacent to an activating group) is 1. The molecular formula is C28H33ClFN3O3. The van der Waals surface area contributed by atoms with Gasteiger partial charge in [0.1, 0.15) is 18.5 Å². The molecule has 0 fully saturated rings. The Morgan fingerprint density at radius 2 is 1.94 bits per heavy atom. The van der Waals surface area contributed by atoms with E-state index in [1.165, 1.54) is 11.3 Å². The SMILES string of the molecule is Cc1ccc2c3c(ccc2n1)OC[C@H](CN(C)C[C@@H]1CCc2c(c4cc(F)ccc4n2C)C1)O3.Cl.O. The van der Waals surface area contributed by atoms with Gasteiger partial charge in [0, 0.05) is 47.8 Å². The van der Waals surface area contributed by atoms with Crippen LogP contribution in [0.1, 0.15) is 23.4 Å². The van der Waals surface area contributed by atoms with Crippen molar-refractivity contribution < 1.29 is 19.3 Å². The summed E-state index contributed by atoms with van der Waals surface area (Å²) in [6.07, 6.45) is 3.14. The molecule has 192 valence electrons. The number of hydrogen-bond acceptors (Lipinski definition) is 4. The Labute approximate surface area is 216 Å². The number of benzene rings is 2. The number of halogens is 2. The monoisotopic (exact) mass is 513 g/mol. The lowest BCUT2D eigenvalue weighted by molar-refractivity contribution is 0.0627. The van der Waals surface area contributed by atoms with Crippen molar-refractivity contribution >= 4 is 34.2 Å². The number of rotatable bonds is 4. The normalized spacial score (nSPS) is 18.6. The second-order valence-electron chi connectivity index (χ2n) is 9.94. The van der Waals surface area contributed by atoms with Crippen LogP contribution in [0.25, 0.3) is 21.8 Å². The zero-order valence-corrected chi connectivity index (χ0v) is 21.7. The molecule has 0 spiro atoms. The van der Waals surface area contributed by atoms with E-state index in [1.807, 2.05) is 31.2 Å². The fraction of sp³-hybridized carbons (Fsp3) is 0.393. The number of fused-ring (bicyclic) bond motifs is 6. The second-order valence-corrected chi connectivity index (χ2v) is 9.94. The molecule has 6 rings (SSSR count). The zero-order valence-electron chi connectivity index (χ0n) is 20.9. The Morgan fingerprint density at radius 3 is 2.78 bits per heavy atom. The Bertz CT molecular complexity index is 1410. The van der Waals surface area contributed by atoms with Gasteiger partial charge in [0.15, 0.2) is 11.5 Å². The summed E-state index contributed by atoms with van der Waals surface area (Å²) >= 11 is 0. The third kappa shape index (κ3) is 4.63. The summed E-state index contributed by atoms with van der Waals surface area (Å²) in [7, 11) is 4.26. The largest absolute Gasteiger partial charge is 0.486 e. The van der Waals surface area contributed by atoms with Crippen molar-refractivity contribution in [3.05, 3.63) is 65.2 Å². The molecule has 8 heteroatoms. The third-order valence-corrected chi connectivity index (χ3v) is 7.40. The molecule has 1 aliphatic heterocycles. The summed E-state index contributed by atoms with van der Waals surface area (Å²) in [5.74, 6) is 1.97. The van der Waals surface area contributed by atoms with E-state index in [2.05, 4.69) is 34.6 Å². The quantitative estimate of drug-likeness (QED) is 0.398. The van der Waals surface area contributed by atoms with Gasteiger partial charge in [0.2, 0.25) is 0 Å². The fourth-order valence-electron chi connectivity index (χ4n) is 5.81. The minimum absolute atomic E-state index is 0. The molecule has 4 aromatic rings. The first-order valence-electron chi connectivity index (χ1n) is 12.1. The van der Waals surface area contributed by atoms with Gasteiger partial charge in [-0.3, -0.25) is 4.98 Å². The molecule has 2 N–H and O–H groups in total. The summed E-state index contributed by atoms with van der Waals surface area (Å²) in [5.41, 5.74) is 5.73. The van der Waals surface area contributed by atoms with Crippen LogP contribution in [0.5, 0.6) is 11.5 Å². The minimum Gasteiger partial charge on any atom is -0.486 e. The number of ether oxygens (including phenoxy) is 2. The zero-order chi connectivity index (χ0) is 23.4. The Balaban J connectivity index is 0.00000152. The van der Waals surface area contributed by atoms with Crippen LogP contribution in [0.15, 0.2) is 42.5 Å². The van der Waals surface area contributed by atoms with Gasteiger partial charge in [-0.1, -0.05) is 0 Å². The molecule has 1 aliphatic carbocycles. The third-order valence-electron chi connectivity index (χ3n) is 7.40. The van der Waals surface area contributed by atoms with Crippen LogP contribution in [0.4, 0.5) is 4.39 Å². The summed E-state index contributed by atoms with van der Waals surface area (Å²) in [6.45, 7) is 4.31. The molecule has 0 unspecified atom stereocenters. The first kappa shape index (κ1) is 26.2. The van der Waals surface area contributed by atoms with Crippen LogP contribution < -0.4 is 9.47 Å². The highest BCUT2D eigenvalue weighted by Crippen LogP contribution is 2.39. The van der Waals surface area contributed by atoms with Gasteiger partial charge in [0.05, 0.1) is 5.52 Å². The Kier molecular flexibility index (Phi) is 7.46. The smallest absolute Gasteiger partial charge is 0.171 e. The summed E-state index contributed by atoms with van der Waals surface area (Å²) < 4.78 is 28.7. The lowest BCUT2D eigenvalue weighted by Crippen LogP contribution is -2.41. The second kappa shape index (κ2) is 10.2. The molecule has 2 aliphatic rings. The first-order valence-corrected chi connectivity index (χ1v) is 12.1. The topological polar surface area (TPSA) is 71.0 Å². The van der Waals surface area contributed by atoms with E-state index >= 15 is 0 Å². The van der Waals surface area contributed by atoms with Crippen LogP contribution in [-0.4, -0.2) is 52.8 Å². The maximum atomic E-state index is 14.0. The van der Waals surface area contributed by atoms with E-state index in [4.69, 9.17) is 9.47 Å². The van der Waals surface area contributed by atoms with Gasteiger partial charge in [-0.05, 0) is 87.2 Å². The molecule has 0 radical (unpaired) electrons. The molecule has 2 aromatic heterocycles. The van der Waals surface area contributed by atoms with Crippen molar-refractivity contribution in [1.82, 2.24) is 14.5 Å². The molecular weight excluding hydrogens is 481 g/mol. The highest BCUT2D eigenvalue weighted by molar-refractivity contribution is 5.88. The predicted octanol–water partition coefficient (Wildman–Crippen LogP) is 4.65. The average molecular weight is 514 g/mol. The van der Waals surface area contributed by atoms with Gasteiger partial charge >= 0.3 is 0 Å². The molecule has 0 bridgehead atoms. The van der Waals surface area contributed by atoms with Crippen LogP contribution in [0.2, 0.25) is 0 Å². The summed E-state index contributed by atoms with van der Waals surface area (Å²) in [4.78, 5) is 6.98. The van der Waals surface area contributed by atoms with Gasteiger partial charge in [-0.2, -0.15) is 0 Å². The number of nitrogens with zero attached hydrogens (tertiary/aromatic N) is 3. The van der Waals surface area contributed by atoms with E-state index in [0.717, 1.165) is 71.4 Å². The highest BCUT2D eigenvalue weighted by atomic mass is 35.5. The Morgan fingerprint density at radius 1 is 1.11 bits per heavy atom. The summed E-state index contributed by atoms with van der Waals surface area (Å²) in [6, 6.07) is 13.2. The molecule has 3 heterocycles. The standard InChI is InChI=1S/C28H30FN3O2.ClH.H2O/c1-17-4-7-21-24(30-17)8-11-27-28(21)34-20(16-33-27)15-31(2)14-18-5-9-25-22(12-18)23-13-19(29)6-10-26(23)32(25)3;;/h4,6-8,10-11,13,18,20H,5,9,12,14-16H2,1-3H3;1H;1H2/t18-,20+;;/m1../s1. The van der Waals surface area contributed by atoms with Crippen molar-refractivity contribution in [3.8, 4) is 11.5 Å². The molecule has 0 saturated carbocycles. The Hall–Kier alpha value is -2.87. The minimum atomic E-state index is -0.159. The van der Waals surface area contributed by atoms with Gasteiger partial charge in [-0.15, -0.1) is 12.4 Å². The van der Waals surface area contributed by atoms with E-state index in [0.29, 0.717) is 12.5 Å². The average Bonchev–Trinajstić information content (AvgIpc) is 3.09. The van der Waals surface area contributed by atoms with Crippen molar-refractivity contribution in [1.29, 1.82) is 0 Å². The molecule has 6 nitrogen and oxygen atoms in total. The van der Waals surface area contributed by atoms with Crippen molar-refractivity contribution in [3.63, 3.8) is 0 Å². The van der Waals surface area contributed by atoms with Crippen LogP contribution in [0, 0.1) is 18.7 Å². The maximum absolute atomic E-state index is 14.0. The van der Waals surface area contributed by atoms with E-state index in [1.54, 1.807) is 12.1 Å². The van der Waals surface area contributed by atoms with Gasteiger partial charge in [-0.25, -0.2) is 4.39 Å². The molecule has 2 atom stereocenters. The molecule has 36 heavy (non-hydrogen) atoms. The molecule has 0 saturated heterocycles. The lowest BCUT2D eigenvalue weighted by Gasteiger charge is -2.32. The van der Waals surface area contributed by atoms with Gasteiger partial charge in [0.25, 0.3) is 0 Å². The van der Waals surface area contributed by atoms with Crippen LogP contribution in [-0.2, 0) is 19.9 Å². The lowest BCUT2D eigenvalue weighted by atomic mass is 9.86. The maximum Gasteiger partial charge on any atom is 0.171 e. The molecule has 0 amide bonds. The highest BCUT2D eigenvalue weighted by Gasteiger charge is 2.28. The van der Waals surface area contributed by atoms with E-state index < -0.39 is 0 Å². The van der Waals surface area contributed by atoms with Crippen molar-refractivity contribution in [2.75, 3.05) is 26.7 Å². The number of pyridine rings is 1.